The van der Waals surface area contributed by atoms with E-state index in [0.29, 0.717) is 17.9 Å². The molecule has 0 radical (unpaired) electrons. The minimum atomic E-state index is -0.816. The van der Waals surface area contributed by atoms with Gasteiger partial charge in [0.1, 0.15) is 6.04 Å². The highest BCUT2D eigenvalue weighted by atomic mass is 32.2. The summed E-state index contributed by atoms with van der Waals surface area (Å²) in [7, 11) is 0. The van der Waals surface area contributed by atoms with E-state index >= 15 is 0 Å². The van der Waals surface area contributed by atoms with Gasteiger partial charge in [0, 0.05) is 36.0 Å². The van der Waals surface area contributed by atoms with E-state index < -0.39 is 11.5 Å². The first-order valence-corrected chi connectivity index (χ1v) is 10.5. The van der Waals surface area contributed by atoms with E-state index in [-0.39, 0.29) is 27.8 Å². The summed E-state index contributed by atoms with van der Waals surface area (Å²) in [5.74, 6) is -0.139. The summed E-state index contributed by atoms with van der Waals surface area (Å²) < 4.78 is 0. The van der Waals surface area contributed by atoms with Gasteiger partial charge in [0.05, 0.1) is 0 Å². The van der Waals surface area contributed by atoms with Gasteiger partial charge in [-0.1, -0.05) is 74.6 Å². The summed E-state index contributed by atoms with van der Waals surface area (Å²) in [6.07, 6.45) is 0. The van der Waals surface area contributed by atoms with Crippen LogP contribution >= 0.6 is 23.5 Å². The predicted molar refractivity (Wildman–Crippen MR) is 111 cm³/mol. The van der Waals surface area contributed by atoms with Gasteiger partial charge < -0.3 is 10.6 Å². The monoisotopic (exact) mass is 410 g/mol. The van der Waals surface area contributed by atoms with E-state index in [1.807, 2.05) is 26.8 Å². The number of thioether (sulfide) groups is 2. The standard InChI is InChI=1S/C19H26N2O4S2/c1-13(22)21-15(12-27-17(24)14-8-6-5-7-9-14)16(23)20-10-11-26-18(25)19(2,3)4/h5-9,15H,10-12H2,1-4H3,(H,20,23)(H,21,22)/t15-/m0/s1. The van der Waals surface area contributed by atoms with Gasteiger partial charge in [-0.05, 0) is 0 Å². The van der Waals surface area contributed by atoms with Gasteiger partial charge in [-0.15, -0.1) is 0 Å². The first kappa shape index (κ1) is 23.2. The Bertz CT molecular complexity index is 672. The molecule has 0 saturated carbocycles. The van der Waals surface area contributed by atoms with E-state index in [9.17, 15) is 19.2 Å². The first-order valence-electron chi connectivity index (χ1n) is 8.55. The molecule has 0 saturated heterocycles. The number of hydrogen-bond acceptors (Lipinski definition) is 6. The molecule has 0 aliphatic rings. The van der Waals surface area contributed by atoms with Crippen molar-refractivity contribution >= 4 is 45.6 Å². The Morgan fingerprint density at radius 1 is 1.04 bits per heavy atom. The van der Waals surface area contributed by atoms with Crippen LogP contribution < -0.4 is 10.6 Å². The summed E-state index contributed by atoms with van der Waals surface area (Å²) in [4.78, 5) is 47.7. The molecule has 6 nitrogen and oxygen atoms in total. The van der Waals surface area contributed by atoms with Crippen LogP contribution in [0.25, 0.3) is 0 Å². The molecule has 1 rings (SSSR count). The number of rotatable bonds is 8. The van der Waals surface area contributed by atoms with Crippen LogP contribution in [0, 0.1) is 5.41 Å². The normalized spacial score (nSPS) is 12.1. The lowest BCUT2D eigenvalue weighted by Crippen LogP contribution is -2.48. The van der Waals surface area contributed by atoms with E-state index in [4.69, 9.17) is 0 Å². The van der Waals surface area contributed by atoms with Crippen LogP contribution in [0.3, 0.4) is 0 Å². The summed E-state index contributed by atoms with van der Waals surface area (Å²) in [6, 6.07) is 7.93. The molecular formula is C19H26N2O4S2. The lowest BCUT2D eigenvalue weighted by molar-refractivity contribution is -0.127. The van der Waals surface area contributed by atoms with Gasteiger partial charge in [-0.25, -0.2) is 0 Å². The van der Waals surface area contributed by atoms with E-state index in [1.54, 1.807) is 24.3 Å². The minimum Gasteiger partial charge on any atom is -0.353 e. The first-order chi connectivity index (χ1) is 12.6. The molecule has 0 heterocycles. The zero-order chi connectivity index (χ0) is 20.4. The molecule has 0 aromatic heterocycles. The summed E-state index contributed by atoms with van der Waals surface area (Å²) >= 11 is 2.15. The van der Waals surface area contributed by atoms with Crippen LogP contribution in [-0.2, 0) is 14.4 Å². The van der Waals surface area contributed by atoms with Crippen molar-refractivity contribution < 1.29 is 19.2 Å². The molecular weight excluding hydrogens is 384 g/mol. The molecule has 0 aliphatic carbocycles. The fourth-order valence-corrected chi connectivity index (χ4v) is 3.58. The maximum absolute atomic E-state index is 12.3. The summed E-state index contributed by atoms with van der Waals surface area (Å²) in [5.41, 5.74) is 0.114. The zero-order valence-corrected chi connectivity index (χ0v) is 17.7. The summed E-state index contributed by atoms with van der Waals surface area (Å²) in [6.45, 7) is 7.15. The van der Waals surface area contributed by atoms with Crippen molar-refractivity contribution in [2.24, 2.45) is 5.41 Å². The van der Waals surface area contributed by atoms with Gasteiger partial charge in [0.15, 0.2) is 5.12 Å². The second-order valence-electron chi connectivity index (χ2n) is 6.89. The molecule has 27 heavy (non-hydrogen) atoms. The highest BCUT2D eigenvalue weighted by Crippen LogP contribution is 2.22. The van der Waals surface area contributed by atoms with Crippen LogP contribution in [-0.4, -0.2) is 46.1 Å². The number of benzene rings is 1. The van der Waals surface area contributed by atoms with Crippen LogP contribution in [0.2, 0.25) is 0 Å². The number of amides is 2. The number of nitrogens with one attached hydrogen (secondary N) is 2. The van der Waals surface area contributed by atoms with Crippen molar-refractivity contribution in [2.45, 2.75) is 33.7 Å². The van der Waals surface area contributed by atoms with Crippen molar-refractivity contribution in [1.29, 1.82) is 0 Å². The van der Waals surface area contributed by atoms with Gasteiger partial charge >= 0.3 is 0 Å². The molecule has 0 spiro atoms. The maximum Gasteiger partial charge on any atom is 0.243 e. The van der Waals surface area contributed by atoms with Crippen molar-refractivity contribution in [1.82, 2.24) is 10.6 Å². The molecule has 148 valence electrons. The average molecular weight is 411 g/mol. The Balaban J connectivity index is 2.50. The fourth-order valence-electron chi connectivity index (χ4n) is 1.90. The molecule has 8 heteroatoms. The highest BCUT2D eigenvalue weighted by Gasteiger charge is 2.23. The Hall–Kier alpha value is -1.80. The van der Waals surface area contributed by atoms with Gasteiger partial charge in [-0.2, -0.15) is 0 Å². The maximum atomic E-state index is 12.3. The Labute approximate surface area is 168 Å². The van der Waals surface area contributed by atoms with Crippen LogP contribution in [0.5, 0.6) is 0 Å². The Morgan fingerprint density at radius 3 is 2.22 bits per heavy atom. The Morgan fingerprint density at radius 2 is 1.67 bits per heavy atom. The zero-order valence-electron chi connectivity index (χ0n) is 16.0. The topological polar surface area (TPSA) is 92.3 Å². The summed E-state index contributed by atoms with van der Waals surface area (Å²) in [5, 5.41) is 5.16. The highest BCUT2D eigenvalue weighted by molar-refractivity contribution is 8.14. The Kier molecular flexibility index (Phi) is 9.59. The lowest BCUT2D eigenvalue weighted by Gasteiger charge is -2.18. The molecule has 1 aromatic rings. The smallest absolute Gasteiger partial charge is 0.243 e. The molecule has 1 aromatic carbocycles. The van der Waals surface area contributed by atoms with Crippen molar-refractivity contribution in [3.05, 3.63) is 35.9 Å². The van der Waals surface area contributed by atoms with Crippen LogP contribution in [0.1, 0.15) is 38.1 Å². The third-order valence-corrected chi connectivity index (χ3v) is 5.61. The molecule has 0 fully saturated rings. The van der Waals surface area contributed by atoms with Crippen LogP contribution in [0.15, 0.2) is 30.3 Å². The third-order valence-electron chi connectivity index (χ3n) is 3.33. The van der Waals surface area contributed by atoms with Gasteiger partial charge in [0.25, 0.3) is 0 Å². The minimum absolute atomic E-state index is 0.0548. The molecule has 0 bridgehead atoms. The van der Waals surface area contributed by atoms with Gasteiger partial charge in [0.2, 0.25) is 16.9 Å². The van der Waals surface area contributed by atoms with E-state index in [2.05, 4.69) is 10.6 Å². The molecule has 0 aliphatic heterocycles. The van der Waals surface area contributed by atoms with Crippen molar-refractivity contribution in [3.63, 3.8) is 0 Å². The third kappa shape index (κ3) is 9.10. The van der Waals surface area contributed by atoms with Crippen molar-refractivity contribution in [2.75, 3.05) is 18.1 Å². The van der Waals surface area contributed by atoms with E-state index in [0.717, 1.165) is 11.8 Å². The van der Waals surface area contributed by atoms with Crippen molar-refractivity contribution in [3.8, 4) is 0 Å². The predicted octanol–water partition coefficient (Wildman–Crippen LogP) is 2.49. The SMILES string of the molecule is CC(=O)N[C@@H](CSC(=O)c1ccccc1)C(=O)NCCSC(=O)C(C)(C)C. The quantitative estimate of drug-likeness (QED) is 0.640. The molecule has 1 atom stereocenters. The lowest BCUT2D eigenvalue weighted by atomic mass is 10.00. The van der Waals surface area contributed by atoms with Gasteiger partial charge in [-0.3, -0.25) is 19.2 Å². The molecule has 2 amide bonds. The fraction of sp³-hybridized carbons (Fsp3) is 0.474. The molecule has 0 unspecified atom stereocenters. The van der Waals surface area contributed by atoms with Crippen LogP contribution in [0.4, 0.5) is 0 Å². The largest absolute Gasteiger partial charge is 0.353 e. The number of carbonyl (C=O) groups is 4. The molecule has 2 N–H and O–H groups in total. The second-order valence-corrected chi connectivity index (χ2v) is 8.96. The second kappa shape index (κ2) is 11.1. The average Bonchev–Trinajstić information content (AvgIpc) is 2.61. The van der Waals surface area contributed by atoms with E-state index in [1.165, 1.54) is 18.7 Å². The number of carbonyl (C=O) groups excluding carboxylic acids is 4. The number of hydrogen-bond donors (Lipinski definition) is 2.